The molecule has 1 saturated heterocycles. The lowest BCUT2D eigenvalue weighted by molar-refractivity contribution is -0.121. The zero-order valence-corrected chi connectivity index (χ0v) is 28.0. The molecular formula is C36H26BrIN2O5. The summed E-state index contributed by atoms with van der Waals surface area (Å²) in [6.45, 7) is 2.20. The average Bonchev–Trinajstić information content (AvgIpc) is 3.03. The first-order valence-corrected chi connectivity index (χ1v) is 15.9. The van der Waals surface area contributed by atoms with Gasteiger partial charge in [-0.2, -0.15) is 0 Å². The molecule has 9 heteroatoms. The summed E-state index contributed by atoms with van der Waals surface area (Å²) in [5.74, 6) is -0.441. The normalized spacial score (nSPS) is 14.4. The Labute approximate surface area is 282 Å². The van der Waals surface area contributed by atoms with E-state index in [-0.39, 0.29) is 5.57 Å². The number of nitrogens with zero attached hydrogens (tertiary/aromatic N) is 2. The molecule has 0 aliphatic carbocycles. The van der Waals surface area contributed by atoms with Crippen molar-refractivity contribution in [2.24, 2.45) is 0 Å². The summed E-state index contributed by atoms with van der Waals surface area (Å²) in [5.41, 5.74) is 2.99. The van der Waals surface area contributed by atoms with E-state index in [0.29, 0.717) is 40.4 Å². The molecular weight excluding hydrogens is 747 g/mol. The number of carbonyl (C=O) groups excluding carboxylic acids is 3. The molecule has 0 radical (unpaired) electrons. The lowest BCUT2D eigenvalue weighted by Crippen LogP contribution is -2.57. The van der Waals surface area contributed by atoms with E-state index in [9.17, 15) is 14.4 Å². The van der Waals surface area contributed by atoms with E-state index in [4.69, 9.17) is 9.47 Å². The van der Waals surface area contributed by atoms with Gasteiger partial charge in [0.1, 0.15) is 12.2 Å². The van der Waals surface area contributed by atoms with Crippen molar-refractivity contribution in [2.75, 3.05) is 16.9 Å². The Kier molecular flexibility index (Phi) is 8.73. The average molecular weight is 773 g/mol. The SMILES string of the molecule is COc1cc(/C=C2\C(=O)N(c3cccc(C)c3)C(=O)N(c3cccc4ccccc34)C2=O)cc(I)c1OCc1ccc(Br)cc1. The molecule has 1 heterocycles. The fourth-order valence-corrected chi connectivity index (χ4v) is 6.25. The van der Waals surface area contributed by atoms with Crippen LogP contribution in [0.15, 0.2) is 113 Å². The summed E-state index contributed by atoms with van der Waals surface area (Å²) in [5, 5.41) is 1.57. The number of ether oxygens (including phenoxy) is 2. The number of hydrogen-bond donors (Lipinski definition) is 0. The zero-order valence-electron chi connectivity index (χ0n) is 24.3. The molecule has 1 fully saturated rings. The Hall–Kier alpha value is -4.48. The topological polar surface area (TPSA) is 76.2 Å². The van der Waals surface area contributed by atoms with E-state index in [1.165, 1.54) is 13.2 Å². The van der Waals surface area contributed by atoms with Gasteiger partial charge in [0, 0.05) is 9.86 Å². The maximum atomic E-state index is 14.2. The van der Waals surface area contributed by atoms with Crippen LogP contribution in [0, 0.1) is 10.5 Å². The molecule has 0 N–H and O–H groups in total. The number of carbonyl (C=O) groups is 3. The number of hydrogen-bond acceptors (Lipinski definition) is 5. The second-order valence-electron chi connectivity index (χ2n) is 10.4. The monoisotopic (exact) mass is 772 g/mol. The van der Waals surface area contributed by atoms with Gasteiger partial charge in [-0.05, 0) is 100 Å². The predicted octanol–water partition coefficient (Wildman–Crippen LogP) is 8.69. The molecule has 0 saturated carbocycles. The van der Waals surface area contributed by atoms with E-state index in [0.717, 1.165) is 34.4 Å². The third-order valence-electron chi connectivity index (χ3n) is 7.38. The Balaban J connectivity index is 1.44. The predicted molar refractivity (Wildman–Crippen MR) is 188 cm³/mol. The maximum absolute atomic E-state index is 14.2. The molecule has 224 valence electrons. The smallest absolute Gasteiger partial charge is 0.343 e. The van der Waals surface area contributed by atoms with Crippen molar-refractivity contribution in [1.82, 2.24) is 0 Å². The summed E-state index contributed by atoms with van der Waals surface area (Å²) in [6, 6.07) is 30.6. The van der Waals surface area contributed by atoms with Gasteiger partial charge in [-0.15, -0.1) is 0 Å². The van der Waals surface area contributed by atoms with Gasteiger partial charge in [0.25, 0.3) is 11.8 Å². The third-order valence-corrected chi connectivity index (χ3v) is 8.71. The van der Waals surface area contributed by atoms with Crippen LogP contribution in [0.25, 0.3) is 16.8 Å². The van der Waals surface area contributed by atoms with E-state index in [1.807, 2.05) is 73.7 Å². The molecule has 0 bridgehead atoms. The quantitative estimate of drug-likeness (QED) is 0.0941. The lowest BCUT2D eigenvalue weighted by Gasteiger charge is -2.34. The minimum atomic E-state index is -0.743. The molecule has 0 atom stereocenters. The van der Waals surface area contributed by atoms with Gasteiger partial charge in [0.05, 0.1) is 22.1 Å². The third kappa shape index (κ3) is 6.10. The van der Waals surface area contributed by atoms with Crippen LogP contribution in [0.1, 0.15) is 16.7 Å². The number of barbiturate groups is 1. The molecule has 0 unspecified atom stereocenters. The largest absolute Gasteiger partial charge is 0.493 e. The van der Waals surface area contributed by atoms with E-state index in [1.54, 1.807) is 36.4 Å². The number of anilines is 2. The van der Waals surface area contributed by atoms with Crippen LogP contribution in [-0.4, -0.2) is 25.0 Å². The molecule has 0 spiro atoms. The van der Waals surface area contributed by atoms with Crippen molar-refractivity contribution >= 4 is 84.6 Å². The van der Waals surface area contributed by atoms with Gasteiger partial charge >= 0.3 is 6.03 Å². The number of aryl methyl sites for hydroxylation is 1. The Morgan fingerprint density at radius 1 is 0.822 bits per heavy atom. The summed E-state index contributed by atoms with van der Waals surface area (Å²) >= 11 is 5.59. The summed E-state index contributed by atoms with van der Waals surface area (Å²) in [6.07, 6.45) is 1.50. The number of imide groups is 2. The van der Waals surface area contributed by atoms with Crippen molar-refractivity contribution in [3.8, 4) is 11.5 Å². The Morgan fingerprint density at radius 3 is 2.29 bits per heavy atom. The van der Waals surface area contributed by atoms with Crippen LogP contribution in [0.3, 0.4) is 0 Å². The molecule has 7 nitrogen and oxygen atoms in total. The summed E-state index contributed by atoms with van der Waals surface area (Å²) in [4.78, 5) is 44.4. The second-order valence-corrected chi connectivity index (χ2v) is 12.5. The first-order valence-electron chi connectivity index (χ1n) is 14.0. The van der Waals surface area contributed by atoms with Gasteiger partial charge in [-0.3, -0.25) is 9.59 Å². The van der Waals surface area contributed by atoms with Crippen molar-refractivity contribution in [3.05, 3.63) is 133 Å². The van der Waals surface area contributed by atoms with Crippen LogP contribution in [0.4, 0.5) is 16.2 Å². The fraction of sp³-hybridized carbons (Fsp3) is 0.0833. The second kappa shape index (κ2) is 12.9. The molecule has 0 aromatic heterocycles. The molecule has 1 aliphatic rings. The van der Waals surface area contributed by atoms with Crippen LogP contribution < -0.4 is 19.3 Å². The molecule has 45 heavy (non-hydrogen) atoms. The summed E-state index contributed by atoms with van der Waals surface area (Å²) < 4.78 is 13.5. The van der Waals surface area contributed by atoms with Crippen LogP contribution in [0.2, 0.25) is 0 Å². The fourth-order valence-electron chi connectivity index (χ4n) is 5.21. The van der Waals surface area contributed by atoms with Gasteiger partial charge in [-0.25, -0.2) is 14.6 Å². The highest BCUT2D eigenvalue weighted by molar-refractivity contribution is 14.1. The highest BCUT2D eigenvalue weighted by Gasteiger charge is 2.44. The van der Waals surface area contributed by atoms with Crippen molar-refractivity contribution in [3.63, 3.8) is 0 Å². The minimum Gasteiger partial charge on any atom is -0.493 e. The highest BCUT2D eigenvalue weighted by Crippen LogP contribution is 2.37. The van der Waals surface area contributed by atoms with Crippen molar-refractivity contribution in [1.29, 1.82) is 0 Å². The number of halogens is 2. The number of amides is 4. The molecule has 5 aromatic rings. The maximum Gasteiger partial charge on any atom is 0.343 e. The van der Waals surface area contributed by atoms with Crippen molar-refractivity contribution in [2.45, 2.75) is 13.5 Å². The molecule has 6 rings (SSSR count). The molecule has 1 aliphatic heterocycles. The van der Waals surface area contributed by atoms with Gasteiger partial charge < -0.3 is 9.47 Å². The van der Waals surface area contributed by atoms with Crippen LogP contribution >= 0.6 is 38.5 Å². The number of benzene rings is 5. The number of urea groups is 1. The number of fused-ring (bicyclic) bond motifs is 1. The number of rotatable bonds is 7. The minimum absolute atomic E-state index is 0.162. The van der Waals surface area contributed by atoms with Crippen LogP contribution in [0.5, 0.6) is 11.5 Å². The first-order chi connectivity index (χ1) is 21.7. The van der Waals surface area contributed by atoms with E-state index in [2.05, 4.69) is 38.5 Å². The lowest BCUT2D eigenvalue weighted by atomic mass is 10.0. The van der Waals surface area contributed by atoms with E-state index >= 15 is 0 Å². The highest BCUT2D eigenvalue weighted by atomic mass is 127. The Morgan fingerprint density at radius 2 is 1.53 bits per heavy atom. The Bertz CT molecular complexity index is 2000. The van der Waals surface area contributed by atoms with Crippen molar-refractivity contribution < 1.29 is 23.9 Å². The molecule has 5 aromatic carbocycles. The van der Waals surface area contributed by atoms with Gasteiger partial charge in [0.15, 0.2) is 11.5 Å². The van der Waals surface area contributed by atoms with E-state index < -0.39 is 17.8 Å². The number of methoxy groups -OCH3 is 1. The zero-order chi connectivity index (χ0) is 31.7. The van der Waals surface area contributed by atoms with Gasteiger partial charge in [-0.1, -0.05) is 76.6 Å². The first kappa shape index (κ1) is 30.5. The standard InChI is InChI=1S/C36H26BrIN2O5/c1-22-7-5-10-27(17-22)39-34(41)29(35(42)40(36(39)43)31-12-6-9-25-8-3-4-11-28(25)31)18-24-19-30(38)33(32(20-24)44-2)45-21-23-13-15-26(37)16-14-23/h3-20H,21H2,1-2H3/b29-18+. The molecule has 4 amide bonds. The summed E-state index contributed by atoms with van der Waals surface area (Å²) in [7, 11) is 1.53. The van der Waals surface area contributed by atoms with Gasteiger partial charge in [0.2, 0.25) is 0 Å². The van der Waals surface area contributed by atoms with Crippen LogP contribution in [-0.2, 0) is 16.2 Å².